The van der Waals surface area contributed by atoms with Crippen molar-refractivity contribution in [2.75, 3.05) is 62.2 Å². The van der Waals surface area contributed by atoms with E-state index in [0.29, 0.717) is 68.5 Å². The van der Waals surface area contributed by atoms with Crippen molar-refractivity contribution in [3.8, 4) is 0 Å². The van der Waals surface area contributed by atoms with E-state index in [-0.39, 0.29) is 29.4 Å². The zero-order chi connectivity index (χ0) is 45.6. The Kier molecular flexibility index (Phi) is 15.6. The number of hydrogen-bond acceptors (Lipinski definition) is 12. The number of ether oxygens (including phenoxy) is 2. The van der Waals surface area contributed by atoms with Crippen LogP contribution in [0.15, 0.2) is 118 Å². The van der Waals surface area contributed by atoms with Crippen molar-refractivity contribution in [1.82, 2.24) is 23.8 Å². The van der Waals surface area contributed by atoms with Crippen molar-refractivity contribution in [2.24, 2.45) is 5.10 Å². The quantitative estimate of drug-likeness (QED) is 0.119. The van der Waals surface area contributed by atoms with Crippen molar-refractivity contribution >= 4 is 72.3 Å². The Morgan fingerprint density at radius 1 is 0.656 bits per heavy atom. The van der Waals surface area contributed by atoms with Crippen LogP contribution in [0.25, 0.3) is 10.9 Å². The lowest BCUT2D eigenvalue weighted by molar-refractivity contribution is 0.0230. The Labute approximate surface area is 381 Å². The molecule has 0 atom stereocenters. The van der Waals surface area contributed by atoms with E-state index in [1.165, 1.54) is 18.3 Å². The third-order valence-corrected chi connectivity index (χ3v) is 13.0. The lowest BCUT2D eigenvalue weighted by Crippen LogP contribution is -2.50. The fraction of sp³-hybridized carbons (Fsp3) is 0.378. The smallest absolute Gasteiger partial charge is 0.410 e. The van der Waals surface area contributed by atoms with Gasteiger partial charge in [-0.2, -0.15) is 31.1 Å². The van der Waals surface area contributed by atoms with Crippen molar-refractivity contribution in [1.29, 1.82) is 0 Å². The number of amides is 2. The summed E-state index contributed by atoms with van der Waals surface area (Å²) in [5, 5.41) is 9.33. The molecule has 2 amide bonds. The molecule has 344 valence electrons. The summed E-state index contributed by atoms with van der Waals surface area (Å²) in [4.78, 5) is 34.8. The van der Waals surface area contributed by atoms with E-state index in [2.05, 4.69) is 24.8 Å². The molecule has 0 saturated carbocycles. The molecule has 64 heavy (non-hydrogen) atoms. The Morgan fingerprint density at radius 2 is 1.12 bits per heavy atom. The Morgan fingerprint density at radius 3 is 1.64 bits per heavy atom. The number of piperazine rings is 2. The van der Waals surface area contributed by atoms with Gasteiger partial charge >= 0.3 is 12.2 Å². The van der Waals surface area contributed by atoms with E-state index in [1.807, 2.05) is 65.8 Å². The van der Waals surface area contributed by atoms with Gasteiger partial charge in [-0.25, -0.2) is 14.4 Å². The van der Waals surface area contributed by atoms with Gasteiger partial charge in [-0.15, -0.1) is 0 Å². The van der Waals surface area contributed by atoms with Crippen molar-refractivity contribution < 1.29 is 35.9 Å². The predicted octanol–water partition coefficient (Wildman–Crippen LogP) is 7.68. The van der Waals surface area contributed by atoms with Crippen molar-refractivity contribution in [2.45, 2.75) is 70.0 Å². The largest absolute Gasteiger partial charge is 0.444 e. The van der Waals surface area contributed by atoms with Crippen molar-refractivity contribution in [3.63, 3.8) is 0 Å². The van der Waals surface area contributed by atoms with E-state index < -0.39 is 31.2 Å². The topological polar surface area (TPSA) is 176 Å². The van der Waals surface area contributed by atoms with Crippen LogP contribution in [0.5, 0.6) is 0 Å². The molecule has 0 unspecified atom stereocenters. The molecule has 0 bridgehead atoms. The minimum atomic E-state index is -3.79. The van der Waals surface area contributed by atoms with E-state index in [9.17, 15) is 26.4 Å². The number of aromatic nitrogens is 2. The number of rotatable bonds is 8. The molecule has 0 aliphatic carbocycles. The number of sulfonamides is 1. The summed E-state index contributed by atoms with van der Waals surface area (Å²) >= 11 is 6.39. The fourth-order valence-electron chi connectivity index (χ4n) is 6.83. The summed E-state index contributed by atoms with van der Waals surface area (Å²) < 4.78 is 62.8. The molecule has 2 saturated heterocycles. The maximum absolute atomic E-state index is 13.1. The summed E-state index contributed by atoms with van der Waals surface area (Å²) in [5.74, 6) is 0. The van der Waals surface area contributed by atoms with Crippen LogP contribution < -0.4 is 14.6 Å². The first kappa shape index (κ1) is 49.2. The molecule has 4 aromatic carbocycles. The Bertz CT molecular complexity index is 2640. The first-order chi connectivity index (χ1) is 29.7. The highest BCUT2D eigenvalue weighted by Gasteiger charge is 2.29. The number of benzene rings is 4. The molecular formula is C45H57ClN8O8S2. The third kappa shape index (κ3) is 12.2. The van der Waals surface area contributed by atoms with Gasteiger partial charge in [-0.05, 0) is 90.1 Å². The molecule has 1 aromatic heterocycles. The molecule has 2 aliphatic heterocycles. The van der Waals surface area contributed by atoms with Gasteiger partial charge in [0.15, 0.2) is 0 Å². The molecule has 0 spiro atoms. The number of anilines is 2. The summed E-state index contributed by atoms with van der Waals surface area (Å²) in [6, 6.07) is 27.2. The molecule has 1 N–H and O–H groups in total. The van der Waals surface area contributed by atoms with Crippen LogP contribution in [0, 0.1) is 0 Å². The van der Waals surface area contributed by atoms with Crippen LogP contribution in [0.3, 0.4) is 0 Å². The number of hydrogen-bond donors (Lipinski definition) is 1. The molecule has 2 aliphatic rings. The van der Waals surface area contributed by atoms with Crippen LogP contribution in [0.2, 0.25) is 5.02 Å². The van der Waals surface area contributed by atoms with Crippen LogP contribution in [-0.2, 0) is 29.5 Å². The maximum atomic E-state index is 13.1. The van der Waals surface area contributed by atoms with Gasteiger partial charge < -0.3 is 29.1 Å². The van der Waals surface area contributed by atoms with Gasteiger partial charge in [0, 0.05) is 74.7 Å². The molecule has 0 radical (unpaired) electrons. The highest BCUT2D eigenvalue weighted by molar-refractivity contribution is 7.90. The monoisotopic (exact) mass is 936 g/mol. The highest BCUT2D eigenvalue weighted by atomic mass is 35.5. The lowest BCUT2D eigenvalue weighted by Gasteiger charge is -2.37. The number of fused-ring (bicyclic) bond motifs is 1. The number of carbonyl (C=O) groups excluding carboxylic acids is 2. The number of nitrogens with one attached hydrogen (secondary N) is 1. The molecule has 19 heteroatoms. The van der Waals surface area contributed by atoms with Gasteiger partial charge in [-0.1, -0.05) is 67.6 Å². The Hall–Kier alpha value is -5.85. The summed E-state index contributed by atoms with van der Waals surface area (Å²) in [6.07, 6.45) is 2.34. The van der Waals surface area contributed by atoms with Gasteiger partial charge in [0.2, 0.25) is 0 Å². The zero-order valence-electron chi connectivity index (χ0n) is 36.1. The first-order valence-electron chi connectivity index (χ1n) is 20.3. The van der Waals surface area contributed by atoms with Crippen LogP contribution >= 0.6 is 11.6 Å². The minimum absolute atomic E-state index is 0. The second-order valence-electron chi connectivity index (χ2n) is 16.8. The summed E-state index contributed by atoms with van der Waals surface area (Å²) in [6.45, 7) is 15.5. The van der Waals surface area contributed by atoms with Gasteiger partial charge in [-0.3, -0.25) is 0 Å². The van der Waals surface area contributed by atoms with E-state index in [4.69, 9.17) is 21.1 Å². The average molecular weight is 938 g/mol. The molecule has 7 rings (SSSR count). The number of carbonyl (C=O) groups is 2. The highest BCUT2D eigenvalue weighted by Crippen LogP contribution is 2.31. The average Bonchev–Trinajstić information content (AvgIpc) is 3.70. The van der Waals surface area contributed by atoms with Crippen LogP contribution in [0.4, 0.5) is 21.0 Å². The van der Waals surface area contributed by atoms with E-state index in [0.717, 1.165) is 20.8 Å². The van der Waals surface area contributed by atoms with Crippen molar-refractivity contribution in [3.05, 3.63) is 114 Å². The molecular weight excluding hydrogens is 880 g/mol. The lowest BCUT2D eigenvalue weighted by atomic mass is 10.1. The zero-order valence-corrected chi connectivity index (χ0v) is 38.5. The maximum Gasteiger partial charge on any atom is 0.410 e. The van der Waals surface area contributed by atoms with Gasteiger partial charge in [0.1, 0.15) is 11.2 Å². The standard InChI is InChI=1S/C22H27ClN4O4S.C22H26N4O4S.CH4/c1-22(2,3)31-21(28)27-14-12-26(13-15-27)20-11-7-10-19(23)18(20)16-24-25-32(29,30)17-8-5-4-6-9-17;1-22(2,3)30-21(27)25-14-12-24(13-15-25)19-10-7-11-20-18(19)16-23-26(20)31(28,29)17-8-5-4-6-9-17;/h4-11,16,25H,12-15H2,1-3H3;4-11,16H,12-15H2,1-3H3;1H4/b24-16-;;. The van der Waals surface area contributed by atoms with E-state index in [1.54, 1.807) is 76.7 Å². The first-order valence-corrected chi connectivity index (χ1v) is 23.7. The number of nitrogens with zero attached hydrogens (tertiary/aromatic N) is 7. The molecule has 2 fully saturated rings. The normalized spacial score (nSPS) is 15.0. The van der Waals surface area contributed by atoms with E-state index >= 15 is 0 Å². The predicted molar refractivity (Wildman–Crippen MR) is 251 cm³/mol. The number of halogens is 1. The summed E-state index contributed by atoms with van der Waals surface area (Å²) in [5.41, 5.74) is 1.75. The van der Waals surface area contributed by atoms with Crippen LogP contribution in [-0.4, -0.2) is 118 Å². The minimum Gasteiger partial charge on any atom is -0.444 e. The van der Waals surface area contributed by atoms with Crippen LogP contribution in [0.1, 0.15) is 54.5 Å². The van der Waals surface area contributed by atoms with Gasteiger partial charge in [0.05, 0.1) is 32.7 Å². The third-order valence-electron chi connectivity index (χ3n) is 9.82. The number of hydrazone groups is 1. The second kappa shape index (κ2) is 20.3. The molecule has 5 aromatic rings. The fourth-order valence-corrected chi connectivity index (χ4v) is 9.15. The molecule has 16 nitrogen and oxygen atoms in total. The SMILES string of the molecule is C.CC(C)(C)OC(=O)N1CCN(c2cccc(Cl)c2/C=N\NS(=O)(=O)c2ccccc2)CC1.CC(C)(C)OC(=O)N1CCN(c2cccc3c2cnn3S(=O)(=O)c2ccccc2)CC1. The van der Waals surface area contributed by atoms with Gasteiger partial charge in [0.25, 0.3) is 20.0 Å². The Balaban J connectivity index is 0.000000237. The summed E-state index contributed by atoms with van der Waals surface area (Å²) in [7, 11) is -7.57. The second-order valence-corrected chi connectivity index (χ2v) is 20.6. The molecule has 3 heterocycles.